The van der Waals surface area contributed by atoms with Crippen molar-refractivity contribution in [2.75, 3.05) is 26.8 Å². The van der Waals surface area contributed by atoms with E-state index in [-0.39, 0.29) is 24.5 Å². The van der Waals surface area contributed by atoms with Crippen molar-refractivity contribution >= 4 is 12.0 Å². The minimum atomic E-state index is -1.02. The van der Waals surface area contributed by atoms with E-state index in [4.69, 9.17) is 9.84 Å². The molecule has 1 atom stereocenters. The fraction of sp³-hybridized carbons (Fsp3) is 0.818. The van der Waals surface area contributed by atoms with E-state index in [2.05, 4.69) is 5.32 Å². The number of urea groups is 1. The van der Waals surface area contributed by atoms with Gasteiger partial charge in [0, 0.05) is 13.7 Å². The highest BCUT2D eigenvalue weighted by Gasteiger charge is 2.20. The molecule has 0 heterocycles. The van der Waals surface area contributed by atoms with Crippen LogP contribution in [0.2, 0.25) is 0 Å². The molecule has 0 aromatic carbocycles. The Kier molecular flexibility index (Phi) is 7.29. The van der Waals surface area contributed by atoms with E-state index >= 15 is 0 Å². The van der Waals surface area contributed by atoms with Crippen LogP contribution in [0.5, 0.6) is 0 Å². The molecular weight excluding hydrogens is 224 g/mol. The van der Waals surface area contributed by atoms with Crippen LogP contribution in [0.1, 0.15) is 20.8 Å². The third-order valence-corrected chi connectivity index (χ3v) is 2.45. The quantitative estimate of drug-likeness (QED) is 0.695. The van der Waals surface area contributed by atoms with Gasteiger partial charge in [-0.05, 0) is 12.8 Å². The van der Waals surface area contributed by atoms with Crippen molar-refractivity contribution in [3.8, 4) is 0 Å². The van der Waals surface area contributed by atoms with Gasteiger partial charge in [-0.3, -0.25) is 4.79 Å². The number of ether oxygens (including phenoxy) is 1. The van der Waals surface area contributed by atoms with E-state index in [9.17, 15) is 9.59 Å². The van der Waals surface area contributed by atoms with Gasteiger partial charge in [-0.2, -0.15) is 0 Å². The van der Waals surface area contributed by atoms with Crippen LogP contribution >= 0.6 is 0 Å². The van der Waals surface area contributed by atoms with Gasteiger partial charge in [0.25, 0.3) is 0 Å². The van der Waals surface area contributed by atoms with Crippen molar-refractivity contribution in [2.24, 2.45) is 5.92 Å². The highest BCUT2D eigenvalue weighted by atomic mass is 16.5. The maximum atomic E-state index is 11.8. The molecule has 0 rings (SSSR count). The molecule has 0 radical (unpaired) electrons. The van der Waals surface area contributed by atoms with E-state index < -0.39 is 5.97 Å². The lowest BCUT2D eigenvalue weighted by atomic mass is 10.1. The highest BCUT2D eigenvalue weighted by molar-refractivity contribution is 5.80. The van der Waals surface area contributed by atoms with Gasteiger partial charge >= 0.3 is 12.0 Å². The lowest BCUT2D eigenvalue weighted by Crippen LogP contribution is -2.49. The van der Waals surface area contributed by atoms with Crippen LogP contribution in [-0.4, -0.2) is 54.9 Å². The van der Waals surface area contributed by atoms with Gasteiger partial charge in [0.05, 0.1) is 12.6 Å². The van der Waals surface area contributed by atoms with Gasteiger partial charge < -0.3 is 20.1 Å². The first-order valence-corrected chi connectivity index (χ1v) is 5.68. The van der Waals surface area contributed by atoms with Gasteiger partial charge in [0.2, 0.25) is 0 Å². The number of amides is 2. The van der Waals surface area contributed by atoms with Crippen molar-refractivity contribution in [2.45, 2.75) is 26.8 Å². The lowest BCUT2D eigenvalue weighted by molar-refractivity contribution is -0.137. The molecule has 2 N–H and O–H groups in total. The Morgan fingerprint density at radius 2 is 2.00 bits per heavy atom. The van der Waals surface area contributed by atoms with E-state index in [1.165, 1.54) is 4.90 Å². The molecule has 0 aliphatic heterocycles. The third kappa shape index (κ3) is 6.11. The summed E-state index contributed by atoms with van der Waals surface area (Å²) in [6, 6.07) is -0.485. The zero-order valence-electron chi connectivity index (χ0n) is 10.9. The molecule has 6 nitrogen and oxygen atoms in total. The van der Waals surface area contributed by atoms with Gasteiger partial charge in [0.1, 0.15) is 6.54 Å². The van der Waals surface area contributed by atoms with Crippen LogP contribution in [0.3, 0.4) is 0 Å². The molecule has 0 saturated carbocycles. The maximum Gasteiger partial charge on any atom is 0.323 e. The summed E-state index contributed by atoms with van der Waals surface area (Å²) in [5.41, 5.74) is 0. The fourth-order valence-electron chi connectivity index (χ4n) is 1.32. The normalized spacial score (nSPS) is 12.3. The minimum Gasteiger partial charge on any atom is -0.480 e. The Labute approximate surface area is 102 Å². The summed E-state index contributed by atoms with van der Waals surface area (Å²) < 4.78 is 5.01. The molecule has 0 aliphatic rings. The number of carbonyl (C=O) groups excluding carboxylic acids is 1. The van der Waals surface area contributed by atoms with E-state index in [1.54, 1.807) is 14.0 Å². The summed E-state index contributed by atoms with van der Waals surface area (Å²) >= 11 is 0. The molecule has 0 aromatic rings. The smallest absolute Gasteiger partial charge is 0.323 e. The Morgan fingerprint density at radius 1 is 1.41 bits per heavy atom. The summed E-state index contributed by atoms with van der Waals surface area (Å²) in [5.74, 6) is -0.794. The number of hydrogen-bond acceptors (Lipinski definition) is 3. The average molecular weight is 246 g/mol. The minimum absolute atomic E-state index is 0.115. The Morgan fingerprint density at radius 3 is 2.35 bits per heavy atom. The molecular formula is C11H22N2O4. The number of hydrogen-bond donors (Lipinski definition) is 2. The predicted molar refractivity (Wildman–Crippen MR) is 63.9 cm³/mol. The molecule has 0 spiro atoms. The lowest BCUT2D eigenvalue weighted by Gasteiger charge is -2.26. The Bertz CT molecular complexity index is 256. The first kappa shape index (κ1) is 15.7. The molecule has 0 aromatic heterocycles. The first-order valence-electron chi connectivity index (χ1n) is 5.68. The molecule has 0 aliphatic carbocycles. The Balaban J connectivity index is 4.40. The largest absolute Gasteiger partial charge is 0.480 e. The standard InChI is InChI=1S/C11H22N2O4/c1-5-13(6-10(14)15)11(16)12-9(7-17-4)8(2)3/h8-9H,5-7H2,1-4H3,(H,12,16)(H,14,15). The number of likely N-dealkylation sites (N-methyl/N-ethyl adjacent to an activating group) is 1. The van der Waals surface area contributed by atoms with Crippen LogP contribution < -0.4 is 5.32 Å². The fourth-order valence-corrected chi connectivity index (χ4v) is 1.32. The van der Waals surface area contributed by atoms with Crippen LogP contribution in [0, 0.1) is 5.92 Å². The number of rotatable bonds is 7. The van der Waals surface area contributed by atoms with Crippen LogP contribution in [-0.2, 0) is 9.53 Å². The summed E-state index contributed by atoms with van der Waals surface area (Å²) in [4.78, 5) is 23.6. The number of nitrogens with zero attached hydrogens (tertiary/aromatic N) is 1. The van der Waals surface area contributed by atoms with Crippen molar-refractivity contribution in [3.05, 3.63) is 0 Å². The average Bonchev–Trinajstić information content (AvgIpc) is 2.24. The van der Waals surface area contributed by atoms with Crippen molar-refractivity contribution in [3.63, 3.8) is 0 Å². The molecule has 100 valence electrons. The Hall–Kier alpha value is -1.30. The second-order valence-corrected chi connectivity index (χ2v) is 4.16. The number of methoxy groups -OCH3 is 1. The third-order valence-electron chi connectivity index (χ3n) is 2.45. The summed E-state index contributed by atoms with van der Waals surface area (Å²) in [7, 11) is 1.57. The highest BCUT2D eigenvalue weighted by Crippen LogP contribution is 2.03. The number of carboxylic acids is 1. The monoisotopic (exact) mass is 246 g/mol. The number of carbonyl (C=O) groups is 2. The molecule has 2 amide bonds. The molecule has 0 saturated heterocycles. The first-order chi connectivity index (χ1) is 7.92. The second kappa shape index (κ2) is 7.89. The molecule has 0 bridgehead atoms. The van der Waals surface area contributed by atoms with Crippen molar-refractivity contribution < 1.29 is 19.4 Å². The van der Waals surface area contributed by atoms with Crippen molar-refractivity contribution in [1.82, 2.24) is 10.2 Å². The summed E-state index contributed by atoms with van der Waals surface area (Å²) in [6.45, 7) is 6.15. The van der Waals surface area contributed by atoms with Gasteiger partial charge in [0.15, 0.2) is 0 Å². The van der Waals surface area contributed by atoms with Crippen LogP contribution in [0.25, 0.3) is 0 Å². The predicted octanol–water partition coefficient (Wildman–Crippen LogP) is 0.773. The molecule has 17 heavy (non-hydrogen) atoms. The number of aliphatic carboxylic acids is 1. The number of carboxylic acid groups (broad SMARTS) is 1. The molecule has 0 fully saturated rings. The van der Waals surface area contributed by atoms with E-state index in [0.717, 1.165) is 0 Å². The summed E-state index contributed by atoms with van der Waals surface area (Å²) in [5, 5.41) is 11.4. The second-order valence-electron chi connectivity index (χ2n) is 4.16. The SMILES string of the molecule is CCN(CC(=O)O)C(=O)NC(COC)C(C)C. The van der Waals surface area contributed by atoms with Crippen LogP contribution in [0.4, 0.5) is 4.79 Å². The van der Waals surface area contributed by atoms with Gasteiger partial charge in [-0.1, -0.05) is 13.8 Å². The topological polar surface area (TPSA) is 78.9 Å². The molecule has 6 heteroatoms. The van der Waals surface area contributed by atoms with Crippen molar-refractivity contribution in [1.29, 1.82) is 0 Å². The molecule has 1 unspecified atom stereocenters. The maximum absolute atomic E-state index is 11.8. The van der Waals surface area contributed by atoms with E-state index in [1.807, 2.05) is 13.8 Å². The van der Waals surface area contributed by atoms with Gasteiger partial charge in [-0.25, -0.2) is 4.79 Å². The van der Waals surface area contributed by atoms with E-state index in [0.29, 0.717) is 13.2 Å². The zero-order valence-corrected chi connectivity index (χ0v) is 10.9. The number of nitrogens with one attached hydrogen (secondary N) is 1. The zero-order chi connectivity index (χ0) is 13.4. The van der Waals surface area contributed by atoms with Gasteiger partial charge in [-0.15, -0.1) is 0 Å². The van der Waals surface area contributed by atoms with Crippen LogP contribution in [0.15, 0.2) is 0 Å². The summed E-state index contributed by atoms with van der Waals surface area (Å²) in [6.07, 6.45) is 0.